The van der Waals surface area contributed by atoms with E-state index in [9.17, 15) is 4.79 Å². The summed E-state index contributed by atoms with van der Waals surface area (Å²) in [6.45, 7) is 10.6. The van der Waals surface area contributed by atoms with Gasteiger partial charge in [0.15, 0.2) is 0 Å². The summed E-state index contributed by atoms with van der Waals surface area (Å²) >= 11 is 0. The highest BCUT2D eigenvalue weighted by Gasteiger charge is 2.17. The van der Waals surface area contributed by atoms with E-state index >= 15 is 0 Å². The summed E-state index contributed by atoms with van der Waals surface area (Å²) in [5.41, 5.74) is 5.29. The van der Waals surface area contributed by atoms with Gasteiger partial charge in [-0.2, -0.15) is 0 Å². The first-order valence-corrected chi connectivity index (χ1v) is 5.99. The summed E-state index contributed by atoms with van der Waals surface area (Å²) in [6, 6.07) is -0.170. The predicted molar refractivity (Wildman–Crippen MR) is 66.1 cm³/mol. The van der Waals surface area contributed by atoms with Crippen LogP contribution in [0.1, 0.15) is 41.0 Å². The Bertz CT molecular complexity index is 205. The second kappa shape index (κ2) is 7.63. The van der Waals surface area contributed by atoms with Gasteiger partial charge in [-0.15, -0.1) is 0 Å². The third-order valence-electron chi connectivity index (χ3n) is 2.23. The normalized spacial score (nSPS) is 15.4. The summed E-state index contributed by atoms with van der Waals surface area (Å²) in [4.78, 5) is 11.1. The Labute approximate surface area is 98.9 Å². The first-order chi connectivity index (χ1) is 7.32. The van der Waals surface area contributed by atoms with Crippen LogP contribution in [0.3, 0.4) is 0 Å². The van der Waals surface area contributed by atoms with Crippen LogP contribution in [0, 0.1) is 5.92 Å². The Morgan fingerprint density at radius 1 is 1.25 bits per heavy atom. The number of hydrogen-bond acceptors (Lipinski definition) is 3. The second-order valence-corrected chi connectivity index (χ2v) is 5.05. The molecule has 2 unspecified atom stereocenters. The third-order valence-corrected chi connectivity index (χ3v) is 2.23. The summed E-state index contributed by atoms with van der Waals surface area (Å²) in [6.07, 6.45) is 1.16. The largest absolute Gasteiger partial charge is 0.376 e. The molecule has 0 aliphatic rings. The van der Waals surface area contributed by atoms with Gasteiger partial charge >= 0.3 is 0 Å². The van der Waals surface area contributed by atoms with E-state index in [4.69, 9.17) is 10.5 Å². The van der Waals surface area contributed by atoms with E-state index in [-0.39, 0.29) is 18.1 Å². The van der Waals surface area contributed by atoms with Gasteiger partial charge in [-0.1, -0.05) is 27.7 Å². The molecule has 96 valence electrons. The molecule has 0 bridgehead atoms. The molecular formula is C12H26N2O2. The van der Waals surface area contributed by atoms with Crippen LogP contribution < -0.4 is 11.1 Å². The molecule has 0 heterocycles. The average Bonchev–Trinajstić information content (AvgIpc) is 2.09. The van der Waals surface area contributed by atoms with Crippen LogP contribution >= 0.6 is 0 Å². The van der Waals surface area contributed by atoms with E-state index in [0.29, 0.717) is 12.5 Å². The zero-order valence-electron chi connectivity index (χ0n) is 11.1. The second-order valence-electron chi connectivity index (χ2n) is 5.05. The molecular weight excluding hydrogens is 204 g/mol. The van der Waals surface area contributed by atoms with Crippen LogP contribution in [0.4, 0.5) is 0 Å². The SMILES string of the molecule is CC(C)CC(C)OCC(NC(C)C)C(N)=O. The molecule has 16 heavy (non-hydrogen) atoms. The number of ether oxygens (including phenoxy) is 1. The van der Waals surface area contributed by atoms with Crippen molar-refractivity contribution in [3.05, 3.63) is 0 Å². The van der Waals surface area contributed by atoms with Crippen LogP contribution in [0.15, 0.2) is 0 Å². The van der Waals surface area contributed by atoms with E-state index < -0.39 is 6.04 Å². The van der Waals surface area contributed by atoms with Crippen molar-refractivity contribution in [3.8, 4) is 0 Å². The van der Waals surface area contributed by atoms with Gasteiger partial charge in [-0.25, -0.2) is 0 Å². The molecule has 0 aromatic heterocycles. The van der Waals surface area contributed by atoms with E-state index in [2.05, 4.69) is 19.2 Å². The molecule has 0 fully saturated rings. The molecule has 2 atom stereocenters. The van der Waals surface area contributed by atoms with Crippen molar-refractivity contribution in [2.75, 3.05) is 6.61 Å². The Morgan fingerprint density at radius 2 is 1.81 bits per heavy atom. The molecule has 0 saturated carbocycles. The predicted octanol–water partition coefficient (Wildman–Crippen LogP) is 1.29. The first kappa shape index (κ1) is 15.4. The topological polar surface area (TPSA) is 64.3 Å². The maximum Gasteiger partial charge on any atom is 0.236 e. The molecule has 0 rings (SSSR count). The van der Waals surface area contributed by atoms with Crippen molar-refractivity contribution in [1.82, 2.24) is 5.32 Å². The molecule has 4 nitrogen and oxygen atoms in total. The first-order valence-electron chi connectivity index (χ1n) is 5.99. The molecule has 3 N–H and O–H groups in total. The molecule has 0 aliphatic carbocycles. The van der Waals surface area contributed by atoms with Crippen molar-refractivity contribution in [2.24, 2.45) is 11.7 Å². The molecule has 0 aromatic carbocycles. The summed E-state index contributed by atoms with van der Waals surface area (Å²) in [7, 11) is 0. The van der Waals surface area contributed by atoms with E-state index in [1.165, 1.54) is 0 Å². The van der Waals surface area contributed by atoms with Gasteiger partial charge in [-0.05, 0) is 19.3 Å². The van der Waals surface area contributed by atoms with Crippen LogP contribution in [0.25, 0.3) is 0 Å². The monoisotopic (exact) mass is 230 g/mol. The number of hydrogen-bond donors (Lipinski definition) is 2. The van der Waals surface area contributed by atoms with Gasteiger partial charge in [0, 0.05) is 6.04 Å². The Morgan fingerprint density at radius 3 is 2.19 bits per heavy atom. The Hall–Kier alpha value is -0.610. The summed E-state index contributed by atoms with van der Waals surface area (Å²) in [5.74, 6) is 0.241. The molecule has 0 aromatic rings. The van der Waals surface area contributed by atoms with Gasteiger partial charge in [0.25, 0.3) is 0 Å². The van der Waals surface area contributed by atoms with E-state index in [1.54, 1.807) is 0 Å². The highest BCUT2D eigenvalue weighted by molar-refractivity contribution is 5.80. The summed E-state index contributed by atoms with van der Waals surface area (Å²) < 4.78 is 5.61. The highest BCUT2D eigenvalue weighted by atomic mass is 16.5. The number of nitrogens with two attached hydrogens (primary N) is 1. The van der Waals surface area contributed by atoms with Crippen LogP contribution in [0.5, 0.6) is 0 Å². The lowest BCUT2D eigenvalue weighted by Gasteiger charge is -2.21. The minimum Gasteiger partial charge on any atom is -0.376 e. The van der Waals surface area contributed by atoms with Crippen LogP contribution in [-0.2, 0) is 9.53 Å². The number of carbonyl (C=O) groups excluding carboxylic acids is 1. The fourth-order valence-corrected chi connectivity index (χ4v) is 1.61. The standard InChI is InChI=1S/C12H26N2O2/c1-8(2)6-10(5)16-7-11(12(13)15)14-9(3)4/h8-11,14H,6-7H2,1-5H3,(H2,13,15). The number of rotatable bonds is 8. The fourth-order valence-electron chi connectivity index (χ4n) is 1.61. The number of nitrogens with one attached hydrogen (secondary N) is 1. The molecule has 0 saturated heterocycles. The van der Waals surface area contributed by atoms with Crippen molar-refractivity contribution in [3.63, 3.8) is 0 Å². The Kier molecular flexibility index (Phi) is 7.34. The van der Waals surface area contributed by atoms with Gasteiger partial charge in [-0.3, -0.25) is 4.79 Å². The lowest BCUT2D eigenvalue weighted by Crippen LogP contribution is -2.48. The molecule has 4 heteroatoms. The van der Waals surface area contributed by atoms with Crippen molar-refractivity contribution in [2.45, 2.75) is 59.2 Å². The average molecular weight is 230 g/mol. The van der Waals surface area contributed by atoms with Crippen molar-refractivity contribution in [1.29, 1.82) is 0 Å². The number of amides is 1. The van der Waals surface area contributed by atoms with Crippen molar-refractivity contribution >= 4 is 5.91 Å². The lowest BCUT2D eigenvalue weighted by atomic mass is 10.1. The zero-order valence-corrected chi connectivity index (χ0v) is 11.1. The maximum absolute atomic E-state index is 11.1. The van der Waals surface area contributed by atoms with Gasteiger partial charge < -0.3 is 15.8 Å². The van der Waals surface area contributed by atoms with Gasteiger partial charge in [0.1, 0.15) is 6.04 Å². The summed E-state index contributed by atoms with van der Waals surface area (Å²) in [5, 5.41) is 3.09. The molecule has 0 aliphatic heterocycles. The van der Waals surface area contributed by atoms with Crippen LogP contribution in [-0.4, -0.2) is 30.7 Å². The minimum absolute atomic E-state index is 0.163. The van der Waals surface area contributed by atoms with Gasteiger partial charge in [0.05, 0.1) is 12.7 Å². The van der Waals surface area contributed by atoms with Crippen molar-refractivity contribution < 1.29 is 9.53 Å². The van der Waals surface area contributed by atoms with E-state index in [1.807, 2.05) is 20.8 Å². The van der Waals surface area contributed by atoms with E-state index in [0.717, 1.165) is 6.42 Å². The quantitative estimate of drug-likeness (QED) is 0.660. The smallest absolute Gasteiger partial charge is 0.236 e. The Balaban J connectivity index is 3.97. The molecule has 0 spiro atoms. The molecule has 0 radical (unpaired) electrons. The van der Waals surface area contributed by atoms with Crippen LogP contribution in [0.2, 0.25) is 0 Å². The number of primary amides is 1. The number of carbonyl (C=O) groups is 1. The third kappa shape index (κ3) is 7.65. The lowest BCUT2D eigenvalue weighted by molar-refractivity contribution is -0.122. The highest BCUT2D eigenvalue weighted by Crippen LogP contribution is 2.07. The van der Waals surface area contributed by atoms with Gasteiger partial charge in [0.2, 0.25) is 5.91 Å². The maximum atomic E-state index is 11.1. The zero-order chi connectivity index (χ0) is 12.7. The molecule has 1 amide bonds. The minimum atomic E-state index is -0.394. The fraction of sp³-hybridized carbons (Fsp3) is 0.917.